The third-order valence-corrected chi connectivity index (χ3v) is 5.28. The monoisotopic (exact) mass is 341 g/mol. The van der Waals surface area contributed by atoms with E-state index in [-0.39, 0.29) is 17.6 Å². The first-order valence-corrected chi connectivity index (χ1v) is 8.80. The Kier molecular flexibility index (Phi) is 4.00. The van der Waals surface area contributed by atoms with Gasteiger partial charge in [0, 0.05) is 12.0 Å². The van der Waals surface area contributed by atoms with Gasteiger partial charge in [-0.3, -0.25) is 4.79 Å². The van der Waals surface area contributed by atoms with E-state index in [0.29, 0.717) is 17.0 Å². The lowest BCUT2D eigenvalue weighted by Gasteiger charge is -2.44. The Bertz CT molecular complexity index is 773. The number of nitrogens with one attached hydrogen (secondary N) is 2. The zero-order chi connectivity index (χ0) is 17.4. The summed E-state index contributed by atoms with van der Waals surface area (Å²) in [5, 5.41) is 10.5. The molecule has 1 atom stereocenters. The van der Waals surface area contributed by atoms with Crippen LogP contribution < -0.4 is 15.4 Å². The first kappa shape index (κ1) is 16.1. The van der Waals surface area contributed by atoms with Crippen molar-refractivity contribution < 1.29 is 14.1 Å². The number of benzene rings is 1. The van der Waals surface area contributed by atoms with E-state index in [4.69, 9.17) is 9.26 Å². The summed E-state index contributed by atoms with van der Waals surface area (Å²) in [6.07, 6.45) is 2.67. The van der Waals surface area contributed by atoms with E-state index in [0.717, 1.165) is 43.7 Å². The SMILES string of the molecule is Cc1noc(C)c1C(=O)N[C@H]1CC2(CCNCC2)Oc2ccccc21. The first-order chi connectivity index (χ1) is 12.1. The second kappa shape index (κ2) is 6.19. The van der Waals surface area contributed by atoms with E-state index in [2.05, 4.69) is 15.8 Å². The zero-order valence-electron chi connectivity index (χ0n) is 14.6. The number of aryl methyl sites for hydroxylation is 2. The number of rotatable bonds is 2. The van der Waals surface area contributed by atoms with Gasteiger partial charge in [-0.05, 0) is 45.8 Å². The molecule has 1 amide bonds. The minimum atomic E-state index is -0.212. The Labute approximate surface area is 146 Å². The number of hydrogen-bond donors (Lipinski definition) is 2. The molecule has 4 rings (SSSR count). The van der Waals surface area contributed by atoms with Crippen LogP contribution in [0.3, 0.4) is 0 Å². The summed E-state index contributed by atoms with van der Waals surface area (Å²) in [6, 6.07) is 7.91. The average Bonchev–Trinajstić information content (AvgIpc) is 2.94. The van der Waals surface area contributed by atoms with E-state index < -0.39 is 0 Å². The maximum atomic E-state index is 12.8. The van der Waals surface area contributed by atoms with Crippen molar-refractivity contribution in [3.05, 3.63) is 46.8 Å². The van der Waals surface area contributed by atoms with Crippen molar-refractivity contribution in [2.75, 3.05) is 13.1 Å². The van der Waals surface area contributed by atoms with E-state index >= 15 is 0 Å². The van der Waals surface area contributed by atoms with Gasteiger partial charge in [0.15, 0.2) is 0 Å². The maximum Gasteiger partial charge on any atom is 0.257 e. The van der Waals surface area contributed by atoms with Crippen LogP contribution in [0.2, 0.25) is 0 Å². The van der Waals surface area contributed by atoms with Crippen molar-refractivity contribution >= 4 is 5.91 Å². The number of carbonyl (C=O) groups excluding carboxylic acids is 1. The quantitative estimate of drug-likeness (QED) is 0.878. The van der Waals surface area contributed by atoms with Gasteiger partial charge in [-0.2, -0.15) is 0 Å². The van der Waals surface area contributed by atoms with Gasteiger partial charge < -0.3 is 19.9 Å². The highest BCUT2D eigenvalue weighted by molar-refractivity contribution is 5.96. The highest BCUT2D eigenvalue weighted by atomic mass is 16.5. The number of fused-ring (bicyclic) bond motifs is 1. The minimum absolute atomic E-state index is 0.0794. The highest BCUT2D eigenvalue weighted by Crippen LogP contribution is 2.43. The van der Waals surface area contributed by atoms with Crippen LogP contribution in [0.1, 0.15) is 52.7 Å². The van der Waals surface area contributed by atoms with Gasteiger partial charge in [0.05, 0.1) is 11.7 Å². The molecule has 1 fully saturated rings. The van der Waals surface area contributed by atoms with Crippen LogP contribution in [0, 0.1) is 13.8 Å². The Balaban J connectivity index is 1.64. The van der Waals surface area contributed by atoms with Gasteiger partial charge in [-0.15, -0.1) is 0 Å². The summed E-state index contributed by atoms with van der Waals surface area (Å²) in [6.45, 7) is 5.43. The third-order valence-electron chi connectivity index (χ3n) is 5.28. The molecule has 2 aliphatic rings. The second-order valence-corrected chi connectivity index (χ2v) is 7.00. The van der Waals surface area contributed by atoms with Crippen molar-refractivity contribution in [1.82, 2.24) is 15.8 Å². The largest absolute Gasteiger partial charge is 0.487 e. The molecule has 0 radical (unpaired) electrons. The first-order valence-electron chi connectivity index (χ1n) is 8.80. The van der Waals surface area contributed by atoms with Crippen molar-refractivity contribution in [3.8, 4) is 5.75 Å². The third kappa shape index (κ3) is 2.91. The van der Waals surface area contributed by atoms with Crippen molar-refractivity contribution in [1.29, 1.82) is 0 Å². The Morgan fingerprint density at radius 2 is 2.04 bits per heavy atom. The molecule has 0 unspecified atom stereocenters. The average molecular weight is 341 g/mol. The molecule has 25 heavy (non-hydrogen) atoms. The normalized spacial score (nSPS) is 21.4. The van der Waals surface area contributed by atoms with E-state index in [1.807, 2.05) is 24.3 Å². The van der Waals surface area contributed by atoms with Crippen LogP contribution in [-0.4, -0.2) is 29.8 Å². The molecule has 6 heteroatoms. The lowest BCUT2D eigenvalue weighted by atomic mass is 9.81. The van der Waals surface area contributed by atoms with Crippen LogP contribution in [0.25, 0.3) is 0 Å². The summed E-state index contributed by atoms with van der Waals surface area (Å²) >= 11 is 0. The highest BCUT2D eigenvalue weighted by Gasteiger charge is 2.42. The predicted octanol–water partition coefficient (Wildman–Crippen LogP) is 2.67. The lowest BCUT2D eigenvalue weighted by molar-refractivity contribution is 0.00364. The molecule has 6 nitrogen and oxygen atoms in total. The van der Waals surface area contributed by atoms with Gasteiger partial charge in [0.25, 0.3) is 5.91 Å². The summed E-state index contributed by atoms with van der Waals surface area (Å²) in [4.78, 5) is 12.8. The molecule has 1 spiro atoms. The fourth-order valence-corrected chi connectivity index (χ4v) is 3.97. The van der Waals surface area contributed by atoms with Gasteiger partial charge in [-0.1, -0.05) is 23.4 Å². The van der Waals surface area contributed by atoms with E-state index in [9.17, 15) is 4.79 Å². The number of ether oxygens (including phenoxy) is 1. The van der Waals surface area contributed by atoms with Crippen LogP contribution in [-0.2, 0) is 0 Å². The van der Waals surface area contributed by atoms with Gasteiger partial charge >= 0.3 is 0 Å². The molecule has 2 N–H and O–H groups in total. The summed E-state index contributed by atoms with van der Waals surface area (Å²) in [5.41, 5.74) is 1.97. The maximum absolute atomic E-state index is 12.8. The molecule has 3 heterocycles. The van der Waals surface area contributed by atoms with Crippen LogP contribution in [0.15, 0.2) is 28.8 Å². The van der Waals surface area contributed by atoms with Crippen LogP contribution >= 0.6 is 0 Å². The summed E-state index contributed by atoms with van der Waals surface area (Å²) < 4.78 is 11.5. The fraction of sp³-hybridized carbons (Fsp3) is 0.474. The Morgan fingerprint density at radius 1 is 1.28 bits per heavy atom. The van der Waals surface area contributed by atoms with E-state index in [1.54, 1.807) is 13.8 Å². The van der Waals surface area contributed by atoms with E-state index in [1.165, 1.54) is 0 Å². The number of para-hydroxylation sites is 1. The number of hydrogen-bond acceptors (Lipinski definition) is 5. The van der Waals surface area contributed by atoms with Crippen LogP contribution in [0.4, 0.5) is 0 Å². The zero-order valence-corrected chi connectivity index (χ0v) is 14.6. The van der Waals surface area contributed by atoms with Gasteiger partial charge in [0.2, 0.25) is 0 Å². The van der Waals surface area contributed by atoms with Gasteiger partial charge in [-0.25, -0.2) is 0 Å². The number of piperidine rings is 1. The Morgan fingerprint density at radius 3 is 2.76 bits per heavy atom. The fourth-order valence-electron chi connectivity index (χ4n) is 3.97. The number of nitrogens with zero attached hydrogens (tertiary/aromatic N) is 1. The van der Waals surface area contributed by atoms with Crippen molar-refractivity contribution in [2.24, 2.45) is 0 Å². The molecule has 2 aliphatic heterocycles. The molecule has 1 saturated heterocycles. The number of carbonyl (C=O) groups is 1. The molecule has 0 bridgehead atoms. The molecule has 1 aromatic carbocycles. The molecule has 0 saturated carbocycles. The smallest absolute Gasteiger partial charge is 0.257 e. The Hall–Kier alpha value is -2.34. The topological polar surface area (TPSA) is 76.4 Å². The number of aromatic nitrogens is 1. The van der Waals surface area contributed by atoms with Crippen LogP contribution in [0.5, 0.6) is 5.75 Å². The lowest BCUT2D eigenvalue weighted by Crippen LogP contribution is -2.51. The minimum Gasteiger partial charge on any atom is -0.487 e. The molecule has 2 aromatic rings. The molecular weight excluding hydrogens is 318 g/mol. The second-order valence-electron chi connectivity index (χ2n) is 7.00. The molecular formula is C19H23N3O3. The summed E-state index contributed by atoms with van der Waals surface area (Å²) in [7, 11) is 0. The molecule has 0 aliphatic carbocycles. The summed E-state index contributed by atoms with van der Waals surface area (Å²) in [5.74, 6) is 1.29. The predicted molar refractivity (Wildman–Crippen MR) is 92.7 cm³/mol. The number of amides is 1. The molecule has 1 aromatic heterocycles. The molecule has 132 valence electrons. The standard InChI is InChI=1S/C19H23N3O3/c1-12-17(13(2)25-22-12)18(23)21-15-11-19(7-9-20-10-8-19)24-16-6-4-3-5-14(15)16/h3-6,15,20H,7-11H2,1-2H3,(H,21,23)/t15-/m0/s1. The van der Waals surface area contributed by atoms with Crippen molar-refractivity contribution in [3.63, 3.8) is 0 Å². The van der Waals surface area contributed by atoms with Crippen molar-refractivity contribution in [2.45, 2.75) is 44.8 Å². The van der Waals surface area contributed by atoms with Gasteiger partial charge in [0.1, 0.15) is 22.7 Å².